The molecule has 132 valence electrons. The normalized spacial score (nSPS) is 23.5. The van der Waals surface area contributed by atoms with E-state index in [1.165, 1.54) is 12.8 Å². The maximum atomic E-state index is 12.1. The third-order valence-electron chi connectivity index (χ3n) is 5.11. The first kappa shape index (κ1) is 17.0. The van der Waals surface area contributed by atoms with Crippen LogP contribution in [0.4, 0.5) is 10.6 Å². The van der Waals surface area contributed by atoms with E-state index in [2.05, 4.69) is 20.5 Å². The lowest BCUT2D eigenvalue weighted by Crippen LogP contribution is -2.49. The molecule has 0 radical (unpaired) electrons. The molecule has 0 aromatic carbocycles. The third kappa shape index (κ3) is 4.60. The molecule has 1 atom stereocenters. The summed E-state index contributed by atoms with van der Waals surface area (Å²) in [5, 5.41) is 16.5. The lowest BCUT2D eigenvalue weighted by atomic mass is 9.94. The quantitative estimate of drug-likeness (QED) is 0.738. The van der Waals surface area contributed by atoms with Crippen LogP contribution in [0.5, 0.6) is 0 Å². The van der Waals surface area contributed by atoms with Crippen molar-refractivity contribution in [1.82, 2.24) is 15.6 Å². The number of rotatable bonds is 4. The molecule has 2 heterocycles. The van der Waals surface area contributed by atoms with Gasteiger partial charge in [0.25, 0.3) is 0 Å². The van der Waals surface area contributed by atoms with Gasteiger partial charge in [-0.2, -0.15) is 0 Å². The zero-order chi connectivity index (χ0) is 16.8. The largest absolute Gasteiger partial charge is 0.388 e. The van der Waals surface area contributed by atoms with Crippen molar-refractivity contribution < 1.29 is 9.90 Å². The minimum Gasteiger partial charge on any atom is -0.388 e. The Hall–Kier alpha value is -1.82. The topological polar surface area (TPSA) is 77.5 Å². The fourth-order valence-electron chi connectivity index (χ4n) is 3.67. The van der Waals surface area contributed by atoms with E-state index in [-0.39, 0.29) is 12.1 Å². The minimum absolute atomic E-state index is 0.121. The molecular formula is C18H28N4O2. The van der Waals surface area contributed by atoms with Crippen LogP contribution < -0.4 is 15.5 Å². The summed E-state index contributed by atoms with van der Waals surface area (Å²) >= 11 is 0. The molecular weight excluding hydrogens is 304 g/mol. The summed E-state index contributed by atoms with van der Waals surface area (Å²) in [6.07, 6.45) is 8.71. The summed E-state index contributed by atoms with van der Waals surface area (Å²) in [7, 11) is 0. The maximum absolute atomic E-state index is 12.1. The first-order valence-electron chi connectivity index (χ1n) is 9.07. The van der Waals surface area contributed by atoms with Crippen LogP contribution >= 0.6 is 0 Å². The van der Waals surface area contributed by atoms with E-state index in [0.29, 0.717) is 6.54 Å². The number of pyridine rings is 1. The van der Waals surface area contributed by atoms with Gasteiger partial charge >= 0.3 is 6.03 Å². The molecule has 1 aromatic rings. The van der Waals surface area contributed by atoms with Gasteiger partial charge in [0.15, 0.2) is 0 Å². The number of carbonyl (C=O) groups excluding carboxylic acids is 1. The maximum Gasteiger partial charge on any atom is 0.315 e. The van der Waals surface area contributed by atoms with Crippen LogP contribution in [0.2, 0.25) is 0 Å². The molecule has 2 fully saturated rings. The van der Waals surface area contributed by atoms with Gasteiger partial charge in [-0.1, -0.05) is 31.7 Å². The molecule has 2 aliphatic rings. The second-order valence-electron chi connectivity index (χ2n) is 7.09. The predicted octanol–water partition coefficient (Wildman–Crippen LogP) is 2.04. The van der Waals surface area contributed by atoms with Crippen LogP contribution in [0.3, 0.4) is 0 Å². The summed E-state index contributed by atoms with van der Waals surface area (Å²) in [6, 6.07) is 5.81. The van der Waals surface area contributed by atoms with Gasteiger partial charge in [-0.05, 0) is 31.4 Å². The van der Waals surface area contributed by atoms with Crippen molar-refractivity contribution in [3.63, 3.8) is 0 Å². The van der Waals surface area contributed by atoms with Gasteiger partial charge in [0.05, 0.1) is 5.60 Å². The summed E-state index contributed by atoms with van der Waals surface area (Å²) in [5.74, 6) is 0.954. The number of aromatic nitrogens is 1. The van der Waals surface area contributed by atoms with Gasteiger partial charge in [-0.25, -0.2) is 9.78 Å². The Kier molecular flexibility index (Phi) is 5.56. The van der Waals surface area contributed by atoms with Crippen LogP contribution in [0, 0.1) is 0 Å². The number of hydrogen-bond acceptors (Lipinski definition) is 4. The summed E-state index contributed by atoms with van der Waals surface area (Å²) in [5.41, 5.74) is -0.733. The summed E-state index contributed by atoms with van der Waals surface area (Å²) < 4.78 is 0. The monoisotopic (exact) mass is 332 g/mol. The first-order chi connectivity index (χ1) is 11.6. The van der Waals surface area contributed by atoms with E-state index < -0.39 is 5.60 Å². The van der Waals surface area contributed by atoms with Crippen LogP contribution in [0.1, 0.15) is 44.9 Å². The van der Waals surface area contributed by atoms with E-state index in [4.69, 9.17) is 0 Å². The number of nitrogens with zero attached hydrogens (tertiary/aromatic N) is 2. The number of hydrogen-bond donors (Lipinski definition) is 3. The number of urea groups is 1. The SMILES string of the molecule is O=C(NCC1(O)CCCCCC1)NC1CCN(c2ccccn2)C1. The fraction of sp³-hybridized carbons (Fsp3) is 0.667. The molecule has 3 N–H and O–H groups in total. The average molecular weight is 332 g/mol. The van der Waals surface area contributed by atoms with E-state index in [1.54, 1.807) is 6.20 Å². The lowest BCUT2D eigenvalue weighted by Gasteiger charge is -2.27. The Morgan fingerprint density at radius 2 is 2.08 bits per heavy atom. The predicted molar refractivity (Wildman–Crippen MR) is 94.0 cm³/mol. The smallest absolute Gasteiger partial charge is 0.315 e. The highest BCUT2D eigenvalue weighted by Gasteiger charge is 2.29. The number of anilines is 1. The molecule has 0 spiro atoms. The molecule has 1 saturated carbocycles. The molecule has 6 nitrogen and oxygen atoms in total. The molecule has 1 unspecified atom stereocenters. The molecule has 3 rings (SSSR count). The summed E-state index contributed by atoms with van der Waals surface area (Å²) in [4.78, 5) is 18.7. The number of amides is 2. The number of nitrogens with one attached hydrogen (secondary N) is 2. The van der Waals surface area contributed by atoms with Crippen molar-refractivity contribution in [2.24, 2.45) is 0 Å². The van der Waals surface area contributed by atoms with Gasteiger partial charge in [0, 0.05) is 31.9 Å². The van der Waals surface area contributed by atoms with Crippen molar-refractivity contribution in [2.75, 3.05) is 24.5 Å². The van der Waals surface area contributed by atoms with Crippen molar-refractivity contribution >= 4 is 11.8 Å². The fourth-order valence-corrected chi connectivity index (χ4v) is 3.67. The van der Waals surface area contributed by atoms with Gasteiger partial charge in [0.1, 0.15) is 5.82 Å². The van der Waals surface area contributed by atoms with Gasteiger partial charge < -0.3 is 20.6 Å². The highest BCUT2D eigenvalue weighted by Crippen LogP contribution is 2.26. The van der Waals surface area contributed by atoms with Gasteiger partial charge in [-0.3, -0.25) is 0 Å². The van der Waals surface area contributed by atoms with Crippen molar-refractivity contribution in [2.45, 2.75) is 56.6 Å². The average Bonchev–Trinajstić information content (AvgIpc) is 2.95. The van der Waals surface area contributed by atoms with E-state index in [0.717, 1.165) is 51.0 Å². The minimum atomic E-state index is -0.733. The Balaban J connectivity index is 1.42. The Morgan fingerprint density at radius 1 is 1.29 bits per heavy atom. The third-order valence-corrected chi connectivity index (χ3v) is 5.11. The standard InChI is InChI=1S/C18H28N4O2/c23-17(20-14-18(24)9-4-1-2-5-10-18)21-15-8-12-22(13-15)16-7-3-6-11-19-16/h3,6-7,11,15,24H,1-2,4-5,8-10,12-14H2,(H2,20,21,23). The van der Waals surface area contributed by atoms with E-state index in [9.17, 15) is 9.90 Å². The molecule has 6 heteroatoms. The molecule has 24 heavy (non-hydrogen) atoms. The Labute approximate surface area is 143 Å². The lowest BCUT2D eigenvalue weighted by molar-refractivity contribution is 0.0276. The molecule has 1 aliphatic carbocycles. The van der Waals surface area contributed by atoms with Crippen molar-refractivity contribution in [3.05, 3.63) is 24.4 Å². The Morgan fingerprint density at radius 3 is 2.79 bits per heavy atom. The molecule has 2 amide bonds. The number of carbonyl (C=O) groups is 1. The highest BCUT2D eigenvalue weighted by molar-refractivity contribution is 5.74. The zero-order valence-corrected chi connectivity index (χ0v) is 14.2. The molecule has 1 aromatic heterocycles. The van der Waals surface area contributed by atoms with Crippen LogP contribution in [-0.2, 0) is 0 Å². The van der Waals surface area contributed by atoms with E-state index in [1.807, 2.05) is 18.2 Å². The highest BCUT2D eigenvalue weighted by atomic mass is 16.3. The molecule has 1 aliphatic heterocycles. The number of aliphatic hydroxyl groups is 1. The van der Waals surface area contributed by atoms with Crippen LogP contribution in [0.25, 0.3) is 0 Å². The molecule has 0 bridgehead atoms. The second kappa shape index (κ2) is 7.83. The van der Waals surface area contributed by atoms with Gasteiger partial charge in [-0.15, -0.1) is 0 Å². The van der Waals surface area contributed by atoms with Crippen LogP contribution in [0.15, 0.2) is 24.4 Å². The van der Waals surface area contributed by atoms with Crippen molar-refractivity contribution in [3.8, 4) is 0 Å². The first-order valence-corrected chi connectivity index (χ1v) is 9.07. The second-order valence-corrected chi connectivity index (χ2v) is 7.09. The summed E-state index contributed by atoms with van der Waals surface area (Å²) in [6.45, 7) is 2.01. The Bertz CT molecular complexity index is 529. The van der Waals surface area contributed by atoms with Crippen LogP contribution in [-0.4, -0.2) is 47.4 Å². The van der Waals surface area contributed by atoms with E-state index >= 15 is 0 Å². The van der Waals surface area contributed by atoms with Crippen molar-refractivity contribution in [1.29, 1.82) is 0 Å². The van der Waals surface area contributed by atoms with Gasteiger partial charge in [0.2, 0.25) is 0 Å². The zero-order valence-electron chi connectivity index (χ0n) is 14.2. The molecule has 1 saturated heterocycles.